The van der Waals surface area contributed by atoms with Gasteiger partial charge in [0.05, 0.1) is 18.1 Å². The first-order valence-electron chi connectivity index (χ1n) is 9.74. The van der Waals surface area contributed by atoms with Gasteiger partial charge in [0, 0.05) is 37.5 Å². The summed E-state index contributed by atoms with van der Waals surface area (Å²) in [6, 6.07) is 12.8. The molecular weight excluding hydrogens is 382 g/mol. The van der Waals surface area contributed by atoms with Crippen LogP contribution in [-0.4, -0.2) is 44.8 Å². The number of amides is 2. The Hall–Kier alpha value is -3.81. The Labute approximate surface area is 173 Å². The lowest BCUT2D eigenvalue weighted by Gasteiger charge is -2.31. The lowest BCUT2D eigenvalue weighted by Crippen LogP contribution is -2.41. The first-order chi connectivity index (χ1) is 14.7. The van der Waals surface area contributed by atoms with Gasteiger partial charge in [-0.15, -0.1) is 0 Å². The first kappa shape index (κ1) is 19.5. The molecule has 2 aromatic heterocycles. The lowest BCUT2D eigenvalue weighted by atomic mass is 9.95. The van der Waals surface area contributed by atoms with Crippen LogP contribution in [0.2, 0.25) is 0 Å². The topological polar surface area (TPSA) is 97.3 Å². The van der Waals surface area contributed by atoms with Gasteiger partial charge in [-0.3, -0.25) is 14.6 Å². The Morgan fingerprint density at radius 2 is 1.77 bits per heavy atom. The van der Waals surface area contributed by atoms with E-state index in [9.17, 15) is 9.59 Å². The Balaban J connectivity index is 1.28. The van der Waals surface area contributed by atoms with E-state index in [1.54, 1.807) is 23.2 Å². The fourth-order valence-corrected chi connectivity index (χ4v) is 3.28. The molecule has 0 bridgehead atoms. The highest BCUT2D eigenvalue weighted by atomic mass is 16.5. The molecule has 8 nitrogen and oxygen atoms in total. The van der Waals surface area contributed by atoms with E-state index in [2.05, 4.69) is 20.3 Å². The van der Waals surface area contributed by atoms with Gasteiger partial charge in [0.25, 0.3) is 5.91 Å². The van der Waals surface area contributed by atoms with Crippen molar-refractivity contribution in [2.24, 2.45) is 5.92 Å². The van der Waals surface area contributed by atoms with Crippen LogP contribution >= 0.6 is 0 Å². The first-order valence-corrected chi connectivity index (χ1v) is 9.74. The van der Waals surface area contributed by atoms with Crippen LogP contribution in [0.25, 0.3) is 0 Å². The van der Waals surface area contributed by atoms with Crippen LogP contribution in [0.5, 0.6) is 11.6 Å². The number of rotatable bonds is 5. The van der Waals surface area contributed by atoms with Crippen LogP contribution in [0, 0.1) is 5.92 Å². The second-order valence-electron chi connectivity index (χ2n) is 6.95. The third kappa shape index (κ3) is 4.78. The summed E-state index contributed by atoms with van der Waals surface area (Å²) in [7, 11) is 0. The summed E-state index contributed by atoms with van der Waals surface area (Å²) in [5.74, 6) is 0.774. The number of hydrogen-bond acceptors (Lipinski definition) is 6. The number of nitrogens with zero attached hydrogens (tertiary/aromatic N) is 4. The third-order valence-electron chi connectivity index (χ3n) is 4.90. The summed E-state index contributed by atoms with van der Waals surface area (Å²) in [6.07, 6.45) is 7.25. The van der Waals surface area contributed by atoms with Gasteiger partial charge in [-0.05, 0) is 31.0 Å². The second kappa shape index (κ2) is 9.13. The van der Waals surface area contributed by atoms with Gasteiger partial charge in [0.2, 0.25) is 11.8 Å². The van der Waals surface area contributed by atoms with Crippen LogP contribution in [0.15, 0.2) is 67.3 Å². The average molecular weight is 403 g/mol. The Kier molecular flexibility index (Phi) is 5.93. The number of likely N-dealkylation sites (tertiary alicyclic amines) is 1. The molecule has 1 aliphatic rings. The van der Waals surface area contributed by atoms with E-state index in [-0.39, 0.29) is 17.7 Å². The lowest BCUT2D eigenvalue weighted by molar-refractivity contribution is -0.121. The highest BCUT2D eigenvalue weighted by Crippen LogP contribution is 2.22. The number of carbonyl (C=O) groups is 2. The Morgan fingerprint density at radius 1 is 0.967 bits per heavy atom. The molecule has 1 aromatic carbocycles. The quantitative estimate of drug-likeness (QED) is 0.703. The van der Waals surface area contributed by atoms with Crippen molar-refractivity contribution in [3.63, 3.8) is 0 Å². The van der Waals surface area contributed by atoms with Crippen LogP contribution in [-0.2, 0) is 4.79 Å². The summed E-state index contributed by atoms with van der Waals surface area (Å²) in [5.41, 5.74) is 0.933. The summed E-state index contributed by atoms with van der Waals surface area (Å²) in [4.78, 5) is 39.0. The molecule has 8 heteroatoms. The largest absolute Gasteiger partial charge is 0.439 e. The zero-order valence-corrected chi connectivity index (χ0v) is 16.3. The summed E-state index contributed by atoms with van der Waals surface area (Å²) in [5, 5.41) is 2.90. The number of benzene rings is 1. The van der Waals surface area contributed by atoms with Crippen molar-refractivity contribution in [2.45, 2.75) is 12.8 Å². The highest BCUT2D eigenvalue weighted by Gasteiger charge is 2.28. The summed E-state index contributed by atoms with van der Waals surface area (Å²) in [6.45, 7) is 1.02. The van der Waals surface area contributed by atoms with Gasteiger partial charge < -0.3 is 15.0 Å². The molecule has 0 saturated carbocycles. The van der Waals surface area contributed by atoms with Crippen molar-refractivity contribution in [1.29, 1.82) is 0 Å². The maximum Gasteiger partial charge on any atom is 0.274 e. The molecule has 1 saturated heterocycles. The van der Waals surface area contributed by atoms with E-state index in [4.69, 9.17) is 4.74 Å². The van der Waals surface area contributed by atoms with Crippen molar-refractivity contribution >= 4 is 17.5 Å². The molecule has 1 fully saturated rings. The molecule has 0 spiro atoms. The number of para-hydroxylation sites is 1. The average Bonchev–Trinajstić information content (AvgIpc) is 2.81. The number of ether oxygens (including phenoxy) is 1. The predicted octanol–water partition coefficient (Wildman–Crippen LogP) is 3.15. The minimum absolute atomic E-state index is 0.0693. The minimum Gasteiger partial charge on any atom is -0.439 e. The van der Waals surface area contributed by atoms with E-state index in [0.717, 1.165) is 0 Å². The molecule has 3 aromatic rings. The standard InChI is InChI=1S/C22H21N5O3/c28-21(16-8-12-27(13-9-16)22(29)19-15-23-10-11-24-19)26-17-6-7-20(25-14-17)30-18-4-2-1-3-5-18/h1-7,10-11,14-16H,8-9,12-13H2,(H,26,28). The van der Waals surface area contributed by atoms with Crippen LogP contribution in [0.1, 0.15) is 23.3 Å². The molecule has 2 amide bonds. The second-order valence-corrected chi connectivity index (χ2v) is 6.95. The monoisotopic (exact) mass is 403 g/mol. The number of anilines is 1. The van der Waals surface area contributed by atoms with Crippen molar-refractivity contribution in [3.8, 4) is 11.6 Å². The van der Waals surface area contributed by atoms with Crippen LogP contribution in [0.4, 0.5) is 5.69 Å². The Bertz CT molecular complexity index is 988. The van der Waals surface area contributed by atoms with Gasteiger partial charge in [0.15, 0.2) is 0 Å². The maximum atomic E-state index is 12.6. The molecule has 4 rings (SSSR count). The molecule has 0 radical (unpaired) electrons. The van der Waals surface area contributed by atoms with Gasteiger partial charge in [-0.25, -0.2) is 9.97 Å². The third-order valence-corrected chi connectivity index (χ3v) is 4.90. The molecule has 0 atom stereocenters. The van der Waals surface area contributed by atoms with E-state index in [1.165, 1.54) is 18.6 Å². The maximum absolute atomic E-state index is 12.6. The summed E-state index contributed by atoms with van der Waals surface area (Å²) >= 11 is 0. The zero-order chi connectivity index (χ0) is 20.8. The SMILES string of the molecule is O=C(Nc1ccc(Oc2ccccc2)nc1)C1CCN(C(=O)c2cnccn2)CC1. The highest BCUT2D eigenvalue weighted by molar-refractivity contribution is 5.94. The normalized spacial score (nSPS) is 14.2. The molecular formula is C22H21N5O3. The van der Waals surface area contributed by atoms with Gasteiger partial charge in [-0.2, -0.15) is 0 Å². The number of hydrogen-bond donors (Lipinski definition) is 1. The van der Waals surface area contributed by atoms with E-state index in [0.29, 0.717) is 48.9 Å². The summed E-state index contributed by atoms with van der Waals surface area (Å²) < 4.78 is 5.65. The predicted molar refractivity (Wildman–Crippen MR) is 110 cm³/mol. The van der Waals surface area contributed by atoms with Crippen molar-refractivity contribution in [1.82, 2.24) is 19.9 Å². The fourth-order valence-electron chi connectivity index (χ4n) is 3.28. The minimum atomic E-state index is -0.156. The number of aromatic nitrogens is 3. The molecule has 0 aliphatic carbocycles. The molecule has 1 N–H and O–H groups in total. The molecule has 30 heavy (non-hydrogen) atoms. The van der Waals surface area contributed by atoms with E-state index in [1.807, 2.05) is 30.3 Å². The number of nitrogens with one attached hydrogen (secondary N) is 1. The van der Waals surface area contributed by atoms with Crippen molar-refractivity contribution in [3.05, 3.63) is 72.9 Å². The zero-order valence-electron chi connectivity index (χ0n) is 16.3. The van der Waals surface area contributed by atoms with Crippen molar-refractivity contribution < 1.29 is 14.3 Å². The van der Waals surface area contributed by atoms with E-state index >= 15 is 0 Å². The van der Waals surface area contributed by atoms with Gasteiger partial charge >= 0.3 is 0 Å². The van der Waals surface area contributed by atoms with Crippen LogP contribution < -0.4 is 10.1 Å². The van der Waals surface area contributed by atoms with Crippen molar-refractivity contribution in [2.75, 3.05) is 18.4 Å². The van der Waals surface area contributed by atoms with Gasteiger partial charge in [0.1, 0.15) is 11.4 Å². The molecule has 1 aliphatic heterocycles. The number of piperidine rings is 1. The smallest absolute Gasteiger partial charge is 0.274 e. The molecule has 0 unspecified atom stereocenters. The molecule has 3 heterocycles. The Morgan fingerprint density at radius 3 is 2.43 bits per heavy atom. The van der Waals surface area contributed by atoms with E-state index < -0.39 is 0 Å². The fraction of sp³-hybridized carbons (Fsp3) is 0.227. The number of pyridine rings is 1. The molecule has 152 valence electrons. The van der Waals surface area contributed by atoms with Crippen LogP contribution in [0.3, 0.4) is 0 Å². The number of carbonyl (C=O) groups excluding carboxylic acids is 2. The van der Waals surface area contributed by atoms with Gasteiger partial charge in [-0.1, -0.05) is 18.2 Å².